The van der Waals surface area contributed by atoms with Gasteiger partial charge in [-0.2, -0.15) is 0 Å². The Balaban J connectivity index is 0.00000150. The maximum atomic E-state index is 3.87. The fourth-order valence-corrected chi connectivity index (χ4v) is 7.24. The number of hydrogen-bond donors (Lipinski definition) is 4. The number of fused-ring (bicyclic) bond motifs is 8. The number of aryl methyl sites for hydroxylation is 4. The summed E-state index contributed by atoms with van der Waals surface area (Å²) in [7, 11) is 8.19. The van der Waals surface area contributed by atoms with Gasteiger partial charge < -0.3 is 69.6 Å². The molecule has 0 saturated heterocycles. The number of nitrogens with one attached hydrogen (secondary N) is 4. The lowest BCUT2D eigenvalue weighted by Gasteiger charge is -2.09. The van der Waals surface area contributed by atoms with Crippen molar-refractivity contribution in [2.75, 3.05) is 0 Å². The molecule has 9 rings (SSSR count). The van der Waals surface area contributed by atoms with Gasteiger partial charge in [-0.1, -0.05) is 0 Å². The predicted molar refractivity (Wildman–Crippen MR) is 199 cm³/mol. The second-order valence-corrected chi connectivity index (χ2v) is 13.7. The molecule has 56 heavy (non-hydrogen) atoms. The first-order valence-electron chi connectivity index (χ1n) is 17.5. The molecule has 0 spiro atoms. The van der Waals surface area contributed by atoms with E-state index in [1.165, 1.54) is 0 Å². The molecule has 0 atom stereocenters. The van der Waals surface area contributed by atoms with Crippen LogP contribution in [-0.4, -0.2) is 19.9 Å². The standard InChI is InChI=1S/C44H38N8.4ClH/c1-49-21-13-29(14-22-49)41-33-5-7-35(45-33)42(30-15-23-50(2)24-16-30)37-9-11-39(47-37)44(32-19-27-52(4)28-20-32)40-12-10-38(48-40)43(36-8-6-34(41)46-36)31-17-25-51(3)26-18-31;;;;/h5-28H,1-4H3,(H2,45,46,47,48);4*1H/q+2;;;;/p-2. The van der Waals surface area contributed by atoms with Gasteiger partial charge in [0.25, 0.3) is 0 Å². The average Bonchev–Trinajstić information content (AvgIpc) is 3.99. The van der Waals surface area contributed by atoms with Crippen LogP contribution >= 0.6 is 0 Å². The molecular formula is C44H40Cl4N8. The van der Waals surface area contributed by atoms with E-state index in [4.69, 9.17) is 0 Å². The first kappa shape index (κ1) is 41.5. The summed E-state index contributed by atoms with van der Waals surface area (Å²) < 4.78 is 8.26. The third-order valence-electron chi connectivity index (χ3n) is 9.97. The summed E-state index contributed by atoms with van der Waals surface area (Å²) in [5.41, 5.74) is 12.9. The first-order valence-corrected chi connectivity index (χ1v) is 17.5. The van der Waals surface area contributed by atoms with E-state index in [9.17, 15) is 0 Å². The van der Waals surface area contributed by atoms with Crippen LogP contribution in [0.15, 0.2) is 147 Å². The van der Waals surface area contributed by atoms with Gasteiger partial charge in [0, 0.05) is 115 Å². The second-order valence-electron chi connectivity index (χ2n) is 13.7. The van der Waals surface area contributed by atoms with Gasteiger partial charge in [0.1, 0.15) is 28.2 Å². The lowest BCUT2D eigenvalue weighted by molar-refractivity contribution is -0.671. The molecule has 284 valence electrons. The zero-order valence-corrected chi connectivity index (χ0v) is 34.2. The van der Waals surface area contributed by atoms with Crippen molar-refractivity contribution in [1.29, 1.82) is 0 Å². The van der Waals surface area contributed by atoms with Crippen molar-refractivity contribution in [2.24, 2.45) is 28.2 Å². The largest absolute Gasteiger partial charge is 1.00 e. The summed E-state index contributed by atoms with van der Waals surface area (Å²) in [4.78, 5) is 15.5. The van der Waals surface area contributed by atoms with E-state index in [1.807, 2.05) is 28.2 Å². The lowest BCUT2D eigenvalue weighted by atomic mass is 10.0. The van der Waals surface area contributed by atoms with Crippen LogP contribution in [0.2, 0.25) is 0 Å². The predicted octanol–water partition coefficient (Wildman–Crippen LogP) is -10.4. The summed E-state index contributed by atoms with van der Waals surface area (Å²) in [5, 5.41) is 4.09. The summed E-state index contributed by atoms with van der Waals surface area (Å²) in [6.45, 7) is 0. The Morgan fingerprint density at radius 1 is 0.268 bits per heavy atom. The van der Waals surface area contributed by atoms with Crippen molar-refractivity contribution < 1.29 is 67.9 Å². The second kappa shape index (κ2) is 17.0. The van der Waals surface area contributed by atoms with Gasteiger partial charge in [-0.15, -0.1) is 0 Å². The number of aromatic amines is 4. The molecule has 8 aromatic heterocycles. The maximum Gasteiger partial charge on any atom is 0.169 e. The van der Waals surface area contributed by atoms with E-state index in [0.29, 0.717) is 0 Å². The van der Waals surface area contributed by atoms with E-state index in [2.05, 4.69) is 185 Å². The molecule has 1 aliphatic rings. The minimum absolute atomic E-state index is 0. The van der Waals surface area contributed by atoms with Gasteiger partial charge in [-0.05, 0) is 70.8 Å². The molecule has 9 heterocycles. The Bertz CT molecular complexity index is 2480. The zero-order valence-electron chi connectivity index (χ0n) is 31.2. The highest BCUT2D eigenvalue weighted by molar-refractivity contribution is 5.84. The summed E-state index contributed by atoms with van der Waals surface area (Å²) in [6, 6.07) is 35.0. The fourth-order valence-electron chi connectivity index (χ4n) is 7.24. The number of pyridine rings is 4. The normalized spacial score (nSPS) is 11.9. The van der Waals surface area contributed by atoms with Crippen LogP contribution < -0.4 is 89.3 Å². The maximum absolute atomic E-state index is 3.87. The van der Waals surface area contributed by atoms with Crippen molar-refractivity contribution in [3.8, 4) is 0 Å². The van der Waals surface area contributed by atoms with Crippen LogP contribution in [0.4, 0.5) is 0 Å². The number of nitrogens with zero attached hydrogens (tertiary/aromatic N) is 4. The van der Waals surface area contributed by atoms with E-state index in [0.717, 1.165) is 88.7 Å². The molecule has 0 amide bonds. The third kappa shape index (κ3) is 7.74. The molecule has 8 bridgehead atoms. The minimum Gasteiger partial charge on any atom is -1.00 e. The SMILES string of the molecule is C[n+]1ccc(C2=c3ccc([nH]3)=C(c3cc[n+](C)cc3)c3ccc([nH]3)C(c3cc[n+](C)cc3)=c3ccc([nH]3)=C(c3cc[n+](C)cc3)c3ccc2[nH]3)cc1.[Cl-].[Cl-].[Cl-].[Cl-]. The Labute approximate surface area is 349 Å². The zero-order chi connectivity index (χ0) is 35.3. The molecule has 0 saturated carbocycles. The Morgan fingerprint density at radius 3 is 0.661 bits per heavy atom. The first-order chi connectivity index (χ1) is 25.4. The highest BCUT2D eigenvalue weighted by Crippen LogP contribution is 2.27. The quantitative estimate of drug-likeness (QED) is 0.128. The molecule has 8 aromatic rings. The third-order valence-corrected chi connectivity index (χ3v) is 9.97. The molecule has 1 aliphatic heterocycles. The van der Waals surface area contributed by atoms with E-state index < -0.39 is 0 Å². The molecule has 0 unspecified atom stereocenters. The lowest BCUT2D eigenvalue weighted by Crippen LogP contribution is -3.00. The van der Waals surface area contributed by atoms with Gasteiger partial charge in [-0.25, -0.2) is 18.3 Å². The van der Waals surface area contributed by atoms with Crippen molar-refractivity contribution in [1.82, 2.24) is 19.9 Å². The van der Waals surface area contributed by atoms with Crippen molar-refractivity contribution >= 4 is 22.3 Å². The highest BCUT2D eigenvalue weighted by atomic mass is 35.5. The molecule has 0 radical (unpaired) electrons. The van der Waals surface area contributed by atoms with Gasteiger partial charge in [0.15, 0.2) is 49.6 Å². The topological polar surface area (TPSA) is 78.7 Å². The Hall–Kier alpha value is -5.64. The van der Waals surface area contributed by atoms with Crippen LogP contribution in [0.5, 0.6) is 0 Å². The van der Waals surface area contributed by atoms with Crippen LogP contribution in [0.3, 0.4) is 0 Å². The number of H-pyrrole nitrogens is 4. The molecular weight excluding hydrogens is 782 g/mol. The number of rotatable bonds is 4. The summed E-state index contributed by atoms with van der Waals surface area (Å²) in [6.07, 6.45) is 16.8. The van der Waals surface area contributed by atoms with Crippen LogP contribution in [0.25, 0.3) is 22.3 Å². The number of halogens is 4. The molecule has 0 fully saturated rings. The number of hydrogen-bond acceptors (Lipinski definition) is 0. The van der Waals surface area contributed by atoms with Crippen LogP contribution in [0, 0.1) is 0 Å². The molecule has 8 nitrogen and oxygen atoms in total. The van der Waals surface area contributed by atoms with E-state index in [1.54, 1.807) is 0 Å². The number of aromatic nitrogens is 8. The van der Waals surface area contributed by atoms with E-state index in [-0.39, 0.29) is 49.6 Å². The molecule has 0 aliphatic carbocycles. The van der Waals surface area contributed by atoms with Crippen LogP contribution in [-0.2, 0) is 28.2 Å². The van der Waals surface area contributed by atoms with Crippen molar-refractivity contribution in [3.63, 3.8) is 0 Å². The summed E-state index contributed by atoms with van der Waals surface area (Å²) >= 11 is 0. The Morgan fingerprint density at radius 2 is 0.464 bits per heavy atom. The minimum atomic E-state index is 0. The van der Waals surface area contributed by atoms with E-state index >= 15 is 0 Å². The summed E-state index contributed by atoms with van der Waals surface area (Å²) in [5.74, 6) is 0. The van der Waals surface area contributed by atoms with Gasteiger partial charge >= 0.3 is 0 Å². The molecule has 4 N–H and O–H groups in total. The van der Waals surface area contributed by atoms with Gasteiger partial charge in [0.2, 0.25) is 0 Å². The van der Waals surface area contributed by atoms with Crippen molar-refractivity contribution in [2.45, 2.75) is 0 Å². The highest BCUT2D eigenvalue weighted by Gasteiger charge is 2.19. The van der Waals surface area contributed by atoms with Crippen LogP contribution in [0.1, 0.15) is 45.0 Å². The molecule has 12 heteroatoms. The van der Waals surface area contributed by atoms with Crippen molar-refractivity contribution in [3.05, 3.63) is 213 Å². The average molecular weight is 823 g/mol. The fraction of sp³-hybridized carbons (Fsp3) is 0.0909. The monoisotopic (exact) mass is 820 g/mol. The Kier molecular flexibility index (Phi) is 12.6. The van der Waals surface area contributed by atoms with Gasteiger partial charge in [-0.3, -0.25) is 0 Å². The van der Waals surface area contributed by atoms with Gasteiger partial charge in [0.05, 0.1) is 0 Å². The smallest absolute Gasteiger partial charge is 0.169 e. The molecule has 0 aromatic carbocycles.